The molecule has 1 unspecified atom stereocenters. The zero-order valence-corrected chi connectivity index (χ0v) is 13.8. The van der Waals surface area contributed by atoms with Gasteiger partial charge in [-0.05, 0) is 42.7 Å². The Bertz CT molecular complexity index is 772. The summed E-state index contributed by atoms with van der Waals surface area (Å²) in [6.45, 7) is 2.07. The number of carbonyl (C=O) groups is 1. The minimum Gasteiger partial charge on any atom is -0.349 e. The largest absolute Gasteiger partial charge is 0.349 e. The Labute approximate surface area is 138 Å². The van der Waals surface area contributed by atoms with Crippen molar-refractivity contribution in [2.45, 2.75) is 37.1 Å². The third-order valence-corrected chi connectivity index (χ3v) is 4.90. The van der Waals surface area contributed by atoms with E-state index >= 15 is 0 Å². The molecule has 1 amide bonds. The van der Waals surface area contributed by atoms with Gasteiger partial charge in [-0.15, -0.1) is 11.8 Å². The molecular formula is C17H19N3O2S. The predicted molar refractivity (Wildman–Crippen MR) is 91.0 cm³/mol. The zero-order valence-electron chi connectivity index (χ0n) is 13.0. The molecule has 1 aromatic heterocycles. The number of carbonyl (C=O) groups excluding carboxylic acids is 1. The van der Waals surface area contributed by atoms with Crippen LogP contribution in [0.15, 0.2) is 40.0 Å². The van der Waals surface area contributed by atoms with Gasteiger partial charge in [0, 0.05) is 17.0 Å². The molecular weight excluding hydrogens is 310 g/mol. The van der Waals surface area contributed by atoms with Gasteiger partial charge in [0.2, 0.25) is 0 Å². The zero-order chi connectivity index (χ0) is 16.2. The molecule has 2 aromatic rings. The van der Waals surface area contributed by atoms with Crippen molar-refractivity contribution in [2.24, 2.45) is 0 Å². The van der Waals surface area contributed by atoms with Crippen LogP contribution in [-0.4, -0.2) is 27.9 Å². The maximum Gasteiger partial charge on any atom is 0.264 e. The Kier molecular flexibility index (Phi) is 4.81. The summed E-state index contributed by atoms with van der Waals surface area (Å²) in [4.78, 5) is 25.0. The lowest BCUT2D eigenvalue weighted by Crippen LogP contribution is -2.39. The molecule has 2 N–H and O–H groups in total. The average Bonchev–Trinajstić information content (AvgIpc) is 2.55. The van der Waals surface area contributed by atoms with Crippen molar-refractivity contribution in [3.05, 3.63) is 57.5 Å². The Hall–Kier alpha value is -2.08. The van der Waals surface area contributed by atoms with Gasteiger partial charge in [-0.25, -0.2) is 5.10 Å². The summed E-state index contributed by atoms with van der Waals surface area (Å²) in [5.41, 5.74) is 2.38. The van der Waals surface area contributed by atoms with Gasteiger partial charge in [-0.2, -0.15) is 5.10 Å². The van der Waals surface area contributed by atoms with Crippen molar-refractivity contribution in [1.82, 2.24) is 15.5 Å². The Morgan fingerprint density at radius 3 is 3.09 bits per heavy atom. The van der Waals surface area contributed by atoms with Crippen molar-refractivity contribution in [1.29, 1.82) is 0 Å². The van der Waals surface area contributed by atoms with Gasteiger partial charge in [0.25, 0.3) is 11.5 Å². The number of nitrogens with zero attached hydrogens (tertiary/aromatic N) is 1. The smallest absolute Gasteiger partial charge is 0.264 e. The van der Waals surface area contributed by atoms with E-state index in [2.05, 4.69) is 22.4 Å². The molecule has 1 heterocycles. The SMILES string of the molecule is CCSc1ccccc1C(=O)NC1CCc2n[nH]c(=O)cc2C1. The molecule has 0 bridgehead atoms. The maximum atomic E-state index is 12.6. The van der Waals surface area contributed by atoms with Gasteiger partial charge in [-0.3, -0.25) is 9.59 Å². The highest BCUT2D eigenvalue weighted by Gasteiger charge is 2.22. The van der Waals surface area contributed by atoms with E-state index in [4.69, 9.17) is 0 Å². The first-order chi connectivity index (χ1) is 11.2. The van der Waals surface area contributed by atoms with Gasteiger partial charge in [0.1, 0.15) is 0 Å². The number of hydrogen-bond donors (Lipinski definition) is 2. The summed E-state index contributed by atoms with van der Waals surface area (Å²) < 4.78 is 0. The van der Waals surface area contributed by atoms with Crippen molar-refractivity contribution < 1.29 is 4.79 Å². The molecule has 1 aromatic carbocycles. The van der Waals surface area contributed by atoms with Crippen LogP contribution in [0.25, 0.3) is 0 Å². The number of aryl methyl sites for hydroxylation is 1. The summed E-state index contributed by atoms with van der Waals surface area (Å²) in [7, 11) is 0. The number of fused-ring (bicyclic) bond motifs is 1. The summed E-state index contributed by atoms with van der Waals surface area (Å²) in [5.74, 6) is 0.878. The summed E-state index contributed by atoms with van der Waals surface area (Å²) >= 11 is 1.67. The molecule has 0 saturated heterocycles. The number of benzene rings is 1. The highest BCUT2D eigenvalue weighted by molar-refractivity contribution is 7.99. The van der Waals surface area contributed by atoms with Crippen molar-refractivity contribution in [2.75, 3.05) is 5.75 Å². The second-order valence-electron chi connectivity index (χ2n) is 5.55. The number of rotatable bonds is 4. The Morgan fingerprint density at radius 2 is 2.26 bits per heavy atom. The van der Waals surface area contributed by atoms with Crippen LogP contribution >= 0.6 is 11.8 Å². The quantitative estimate of drug-likeness (QED) is 0.843. The predicted octanol–water partition coefficient (Wildman–Crippen LogP) is 2.17. The molecule has 0 radical (unpaired) electrons. The number of thioether (sulfide) groups is 1. The van der Waals surface area contributed by atoms with E-state index in [-0.39, 0.29) is 17.5 Å². The van der Waals surface area contributed by atoms with Gasteiger partial charge in [0.15, 0.2) is 0 Å². The monoisotopic (exact) mass is 329 g/mol. The fourth-order valence-electron chi connectivity index (χ4n) is 2.86. The van der Waals surface area contributed by atoms with Crippen LogP contribution in [-0.2, 0) is 12.8 Å². The first-order valence-corrected chi connectivity index (χ1v) is 8.76. The van der Waals surface area contributed by atoms with Crippen molar-refractivity contribution in [3.63, 3.8) is 0 Å². The number of amides is 1. The lowest BCUT2D eigenvalue weighted by Gasteiger charge is -2.24. The highest BCUT2D eigenvalue weighted by Crippen LogP contribution is 2.23. The highest BCUT2D eigenvalue weighted by atomic mass is 32.2. The van der Waals surface area contributed by atoms with Gasteiger partial charge < -0.3 is 5.32 Å². The Balaban J connectivity index is 1.73. The van der Waals surface area contributed by atoms with Crippen LogP contribution in [0.4, 0.5) is 0 Å². The van der Waals surface area contributed by atoms with Crippen LogP contribution in [0.5, 0.6) is 0 Å². The molecule has 0 aliphatic heterocycles. The number of nitrogens with one attached hydrogen (secondary N) is 2. The van der Waals surface area contributed by atoms with E-state index in [1.54, 1.807) is 17.8 Å². The number of aromatic amines is 1. The van der Waals surface area contributed by atoms with E-state index in [1.165, 1.54) is 0 Å². The van der Waals surface area contributed by atoms with E-state index in [1.807, 2.05) is 24.3 Å². The topological polar surface area (TPSA) is 74.8 Å². The average molecular weight is 329 g/mol. The van der Waals surface area contributed by atoms with Crippen LogP contribution in [0, 0.1) is 0 Å². The fraction of sp³-hybridized carbons (Fsp3) is 0.353. The first-order valence-electron chi connectivity index (χ1n) is 7.77. The molecule has 1 atom stereocenters. The molecule has 23 heavy (non-hydrogen) atoms. The second-order valence-corrected chi connectivity index (χ2v) is 6.85. The van der Waals surface area contributed by atoms with Crippen LogP contribution in [0.1, 0.15) is 35.0 Å². The third-order valence-electron chi connectivity index (χ3n) is 3.94. The summed E-state index contributed by atoms with van der Waals surface area (Å²) in [6, 6.07) is 9.29. The Morgan fingerprint density at radius 1 is 1.43 bits per heavy atom. The molecule has 3 rings (SSSR count). The standard InChI is InChI=1S/C17H19N3O2S/c1-2-23-15-6-4-3-5-13(15)17(22)18-12-7-8-14-11(9-12)10-16(21)20-19-14/h3-6,10,12H,2,7-9H2,1H3,(H,18,22)(H,20,21). The van der Waals surface area contributed by atoms with E-state index < -0.39 is 0 Å². The van der Waals surface area contributed by atoms with E-state index in [0.717, 1.165) is 34.7 Å². The second kappa shape index (κ2) is 7.00. The minimum atomic E-state index is -0.194. The lowest BCUT2D eigenvalue weighted by atomic mass is 9.92. The summed E-state index contributed by atoms with van der Waals surface area (Å²) in [5, 5.41) is 9.64. The van der Waals surface area contributed by atoms with E-state index in [9.17, 15) is 9.59 Å². The minimum absolute atomic E-state index is 0.0401. The number of hydrogen-bond acceptors (Lipinski definition) is 4. The molecule has 1 aliphatic rings. The van der Waals surface area contributed by atoms with Crippen LogP contribution < -0.4 is 10.9 Å². The van der Waals surface area contributed by atoms with Crippen molar-refractivity contribution >= 4 is 17.7 Å². The molecule has 0 spiro atoms. The first kappa shape index (κ1) is 15.8. The molecule has 120 valence electrons. The van der Waals surface area contributed by atoms with E-state index in [0.29, 0.717) is 12.0 Å². The maximum absolute atomic E-state index is 12.6. The molecule has 1 aliphatic carbocycles. The van der Waals surface area contributed by atoms with Crippen LogP contribution in [0.2, 0.25) is 0 Å². The molecule has 6 heteroatoms. The molecule has 0 fully saturated rings. The van der Waals surface area contributed by atoms with Gasteiger partial charge in [0.05, 0.1) is 11.3 Å². The molecule has 5 nitrogen and oxygen atoms in total. The lowest BCUT2D eigenvalue weighted by molar-refractivity contribution is 0.0930. The third kappa shape index (κ3) is 3.64. The molecule has 0 saturated carbocycles. The van der Waals surface area contributed by atoms with Gasteiger partial charge >= 0.3 is 0 Å². The summed E-state index contributed by atoms with van der Waals surface area (Å²) in [6.07, 6.45) is 2.25. The normalized spacial score (nSPS) is 16.7. The van der Waals surface area contributed by atoms with Crippen LogP contribution in [0.3, 0.4) is 0 Å². The fourth-order valence-corrected chi connectivity index (χ4v) is 3.66. The number of aromatic nitrogens is 2. The van der Waals surface area contributed by atoms with Crippen molar-refractivity contribution in [3.8, 4) is 0 Å². The van der Waals surface area contributed by atoms with Gasteiger partial charge in [-0.1, -0.05) is 19.1 Å². The number of H-pyrrole nitrogens is 1.